The fraction of sp³-hybridized carbons (Fsp3) is 0.111. The molecule has 2 aromatic rings. The quantitative estimate of drug-likeness (QED) is 0.720. The van der Waals surface area contributed by atoms with Gasteiger partial charge in [0.25, 0.3) is 11.8 Å². The maximum atomic E-state index is 14.2. The van der Waals surface area contributed by atoms with E-state index >= 15 is 0 Å². The molecule has 4 nitrogen and oxygen atoms in total. The third-order valence-electron chi connectivity index (χ3n) is 3.73. The molecule has 0 aliphatic carbocycles. The zero-order chi connectivity index (χ0) is 19.7. The first-order valence-corrected chi connectivity index (χ1v) is 9.36. The van der Waals surface area contributed by atoms with E-state index in [9.17, 15) is 18.4 Å². The van der Waals surface area contributed by atoms with Crippen molar-refractivity contribution in [3.8, 4) is 0 Å². The van der Waals surface area contributed by atoms with Gasteiger partial charge in [0.2, 0.25) is 0 Å². The maximum Gasteiger partial charge on any atom is 0.272 e. The molecule has 0 bridgehead atoms. The Kier molecular flexibility index (Phi) is 5.86. The predicted octanol–water partition coefficient (Wildman–Crippen LogP) is 4.28. The number of carbonyl (C=O) groups excluding carboxylic acids is 2. The van der Waals surface area contributed by atoms with Crippen LogP contribution in [0.15, 0.2) is 41.3 Å². The number of imide groups is 1. The van der Waals surface area contributed by atoms with E-state index in [1.165, 1.54) is 18.2 Å². The van der Waals surface area contributed by atoms with Crippen LogP contribution in [0.1, 0.15) is 5.56 Å². The minimum atomic E-state index is -1.05. The average molecular weight is 430 g/mol. The van der Waals surface area contributed by atoms with Crippen LogP contribution in [-0.4, -0.2) is 29.3 Å². The number of aliphatic hydroxyl groups excluding tert-OH is 1. The zero-order valence-corrected chi connectivity index (χ0v) is 15.8. The van der Waals surface area contributed by atoms with Crippen LogP contribution in [0.4, 0.5) is 14.5 Å². The Morgan fingerprint density at radius 3 is 2.41 bits per heavy atom. The first-order chi connectivity index (χ1) is 12.8. The summed E-state index contributed by atoms with van der Waals surface area (Å²) in [6, 6.07) is 6.95. The van der Waals surface area contributed by atoms with Gasteiger partial charge in [-0.2, -0.15) is 0 Å². The van der Waals surface area contributed by atoms with Crippen molar-refractivity contribution in [2.75, 3.05) is 17.3 Å². The Hall–Kier alpha value is -1.93. The van der Waals surface area contributed by atoms with E-state index in [1.807, 2.05) is 0 Å². The van der Waals surface area contributed by atoms with Gasteiger partial charge in [0.05, 0.1) is 27.8 Å². The first kappa shape index (κ1) is 19.8. The van der Waals surface area contributed by atoms with Gasteiger partial charge in [0.15, 0.2) is 0 Å². The molecule has 1 aliphatic heterocycles. The number of halogens is 4. The van der Waals surface area contributed by atoms with Crippen molar-refractivity contribution in [1.29, 1.82) is 0 Å². The Balaban J connectivity index is 2.14. The monoisotopic (exact) mass is 429 g/mol. The second kappa shape index (κ2) is 7.98. The number of amides is 2. The summed E-state index contributed by atoms with van der Waals surface area (Å²) in [5, 5.41) is 9.57. The van der Waals surface area contributed by atoms with Crippen molar-refractivity contribution in [3.63, 3.8) is 0 Å². The van der Waals surface area contributed by atoms with Gasteiger partial charge in [-0.15, -0.1) is 11.8 Å². The average Bonchev–Trinajstić information content (AvgIpc) is 2.84. The van der Waals surface area contributed by atoms with Crippen molar-refractivity contribution in [3.05, 3.63) is 68.5 Å². The van der Waals surface area contributed by atoms with Crippen molar-refractivity contribution in [1.82, 2.24) is 0 Å². The zero-order valence-electron chi connectivity index (χ0n) is 13.5. The standard InChI is InChI=1S/C18H11Cl2F2NO3S/c19-9-1-3-11(12(20)7-9)15-16(27-6-5-24)18(26)23(17(15)25)14-4-2-10(21)8-13(14)22/h1-4,7-8,24H,5-6H2. The summed E-state index contributed by atoms with van der Waals surface area (Å²) in [5.41, 5.74) is -0.137. The molecule has 0 radical (unpaired) electrons. The van der Waals surface area contributed by atoms with Crippen LogP contribution in [0.25, 0.3) is 5.57 Å². The Labute approximate surface area is 167 Å². The van der Waals surface area contributed by atoms with Gasteiger partial charge in [-0.1, -0.05) is 29.3 Å². The number of thioether (sulfide) groups is 1. The molecule has 1 aliphatic rings. The van der Waals surface area contributed by atoms with Gasteiger partial charge in [0.1, 0.15) is 11.6 Å². The van der Waals surface area contributed by atoms with Crippen LogP contribution < -0.4 is 4.90 Å². The highest BCUT2D eigenvalue weighted by Crippen LogP contribution is 2.41. The lowest BCUT2D eigenvalue weighted by Crippen LogP contribution is -2.32. The van der Waals surface area contributed by atoms with E-state index in [0.29, 0.717) is 16.0 Å². The van der Waals surface area contributed by atoms with Crippen LogP contribution in [-0.2, 0) is 9.59 Å². The van der Waals surface area contributed by atoms with Crippen LogP contribution in [0.2, 0.25) is 10.0 Å². The van der Waals surface area contributed by atoms with E-state index in [-0.39, 0.29) is 39.1 Å². The minimum Gasteiger partial charge on any atom is -0.396 e. The van der Waals surface area contributed by atoms with Gasteiger partial charge in [0, 0.05) is 22.4 Å². The number of nitrogens with zero attached hydrogens (tertiary/aromatic N) is 1. The van der Waals surface area contributed by atoms with Crippen molar-refractivity contribution >= 4 is 58.0 Å². The van der Waals surface area contributed by atoms with E-state index in [0.717, 1.165) is 23.9 Å². The molecule has 0 saturated carbocycles. The number of hydrogen-bond donors (Lipinski definition) is 1. The molecular weight excluding hydrogens is 419 g/mol. The third kappa shape index (κ3) is 3.73. The summed E-state index contributed by atoms with van der Waals surface area (Å²) in [4.78, 5) is 26.5. The second-order valence-corrected chi connectivity index (χ2v) is 7.39. The van der Waals surface area contributed by atoms with E-state index < -0.39 is 23.4 Å². The summed E-state index contributed by atoms with van der Waals surface area (Å²) in [7, 11) is 0. The van der Waals surface area contributed by atoms with Gasteiger partial charge in [-0.3, -0.25) is 9.59 Å². The molecular formula is C18H11Cl2F2NO3S. The smallest absolute Gasteiger partial charge is 0.272 e. The highest BCUT2D eigenvalue weighted by atomic mass is 35.5. The Morgan fingerprint density at radius 1 is 1.04 bits per heavy atom. The molecule has 0 unspecified atom stereocenters. The molecule has 0 saturated heterocycles. The van der Waals surface area contributed by atoms with E-state index in [2.05, 4.69) is 0 Å². The molecule has 0 atom stereocenters. The molecule has 9 heteroatoms. The summed E-state index contributed by atoms with van der Waals surface area (Å²) >= 11 is 13.0. The maximum absolute atomic E-state index is 14.2. The molecule has 27 heavy (non-hydrogen) atoms. The molecule has 2 amide bonds. The van der Waals surface area contributed by atoms with Crippen LogP contribution in [0, 0.1) is 11.6 Å². The Bertz CT molecular complexity index is 981. The number of carbonyl (C=O) groups is 2. The SMILES string of the molecule is O=C1C(SCCO)=C(c2ccc(Cl)cc2Cl)C(=O)N1c1ccc(F)cc1F. The molecule has 0 fully saturated rings. The first-order valence-electron chi connectivity index (χ1n) is 7.62. The summed E-state index contributed by atoms with van der Waals surface area (Å²) in [5.74, 6) is -3.31. The van der Waals surface area contributed by atoms with Gasteiger partial charge >= 0.3 is 0 Å². The van der Waals surface area contributed by atoms with Gasteiger partial charge < -0.3 is 5.11 Å². The molecule has 1 heterocycles. The summed E-state index contributed by atoms with van der Waals surface area (Å²) in [6.07, 6.45) is 0. The molecule has 2 aromatic carbocycles. The predicted molar refractivity (Wildman–Crippen MR) is 102 cm³/mol. The fourth-order valence-corrected chi connectivity index (χ4v) is 3.96. The van der Waals surface area contributed by atoms with Crippen molar-refractivity contribution < 1.29 is 23.5 Å². The Morgan fingerprint density at radius 2 is 1.78 bits per heavy atom. The van der Waals surface area contributed by atoms with Gasteiger partial charge in [-0.25, -0.2) is 13.7 Å². The van der Waals surface area contributed by atoms with Crippen molar-refractivity contribution in [2.45, 2.75) is 0 Å². The van der Waals surface area contributed by atoms with Crippen LogP contribution in [0.5, 0.6) is 0 Å². The lowest BCUT2D eigenvalue weighted by molar-refractivity contribution is -0.119. The number of benzene rings is 2. The van der Waals surface area contributed by atoms with E-state index in [1.54, 1.807) is 0 Å². The fourth-order valence-electron chi connectivity index (χ4n) is 2.60. The molecule has 3 rings (SSSR count). The minimum absolute atomic E-state index is 0.0157. The van der Waals surface area contributed by atoms with Crippen molar-refractivity contribution in [2.24, 2.45) is 0 Å². The molecule has 140 valence electrons. The highest BCUT2D eigenvalue weighted by molar-refractivity contribution is 8.04. The summed E-state index contributed by atoms with van der Waals surface area (Å²) < 4.78 is 27.4. The second-order valence-electron chi connectivity index (χ2n) is 5.44. The summed E-state index contributed by atoms with van der Waals surface area (Å²) in [6.45, 7) is -0.234. The largest absolute Gasteiger partial charge is 0.396 e. The molecule has 0 aromatic heterocycles. The van der Waals surface area contributed by atoms with E-state index in [4.69, 9.17) is 28.3 Å². The third-order valence-corrected chi connectivity index (χ3v) is 5.33. The number of rotatable bonds is 5. The molecule has 0 spiro atoms. The topological polar surface area (TPSA) is 57.6 Å². The normalized spacial score (nSPS) is 14.5. The number of anilines is 1. The molecule has 1 N–H and O–H groups in total. The number of hydrogen-bond acceptors (Lipinski definition) is 4. The highest BCUT2D eigenvalue weighted by Gasteiger charge is 2.41. The van der Waals surface area contributed by atoms with Gasteiger partial charge in [-0.05, 0) is 24.3 Å². The lowest BCUT2D eigenvalue weighted by Gasteiger charge is -2.16. The number of aliphatic hydroxyl groups is 1. The van der Waals surface area contributed by atoms with Crippen LogP contribution in [0.3, 0.4) is 0 Å². The van der Waals surface area contributed by atoms with Crippen LogP contribution >= 0.6 is 35.0 Å². The lowest BCUT2D eigenvalue weighted by atomic mass is 10.1.